The lowest BCUT2D eigenvalue weighted by molar-refractivity contribution is 0.403. The molecule has 0 aliphatic carbocycles. The highest BCUT2D eigenvalue weighted by Crippen LogP contribution is 2.24. The van der Waals surface area contributed by atoms with Gasteiger partial charge in [0.05, 0.1) is 0 Å². The summed E-state index contributed by atoms with van der Waals surface area (Å²) in [5.41, 5.74) is 6.24. The highest BCUT2D eigenvalue weighted by molar-refractivity contribution is 5.85. The third kappa shape index (κ3) is 4.01. The molecule has 3 nitrogen and oxygen atoms in total. The number of aromatic hydroxyl groups is 2. The van der Waals surface area contributed by atoms with Crippen molar-refractivity contribution < 1.29 is 10.2 Å². The Bertz CT molecular complexity index is 253. The topological polar surface area (TPSA) is 66.5 Å². The maximum Gasteiger partial charge on any atom is 0.157 e. The Balaban J connectivity index is 0. The van der Waals surface area contributed by atoms with Gasteiger partial charge in [-0.25, -0.2) is 0 Å². The molecule has 0 saturated heterocycles. The van der Waals surface area contributed by atoms with Crippen LogP contribution in [0.15, 0.2) is 18.2 Å². The summed E-state index contributed by atoms with van der Waals surface area (Å²) in [5, 5.41) is 18.0. The number of halogens is 1. The molecular weight excluding hydrogens is 190 g/mol. The molecule has 0 radical (unpaired) electrons. The first-order valence-corrected chi connectivity index (χ1v) is 3.45. The summed E-state index contributed by atoms with van der Waals surface area (Å²) in [6.07, 6.45) is 0.716. The van der Waals surface area contributed by atoms with E-state index in [1.165, 1.54) is 12.1 Å². The average Bonchev–Trinajstić information content (AvgIpc) is 1.98. The maximum atomic E-state index is 9.04. The predicted molar refractivity (Wildman–Crippen MR) is 56.5 cm³/mol. The molecule has 4 heteroatoms. The summed E-state index contributed by atoms with van der Waals surface area (Å²) >= 11 is 0. The first kappa shape index (κ1) is 14.6. The third-order valence-corrected chi connectivity index (χ3v) is 1.47. The van der Waals surface area contributed by atoms with E-state index in [2.05, 4.69) is 0 Å². The molecule has 0 aliphatic heterocycles. The maximum absolute atomic E-state index is 9.04. The average molecular weight is 206 g/mol. The summed E-state index contributed by atoms with van der Waals surface area (Å²) in [4.78, 5) is 0. The molecule has 1 rings (SSSR count). The van der Waals surface area contributed by atoms with Crippen LogP contribution in [-0.4, -0.2) is 16.8 Å². The molecule has 76 valence electrons. The van der Waals surface area contributed by atoms with Crippen molar-refractivity contribution in [1.29, 1.82) is 0 Å². The Hall–Kier alpha value is -0.930. The van der Waals surface area contributed by atoms with Crippen molar-refractivity contribution in [2.24, 2.45) is 5.73 Å². The van der Waals surface area contributed by atoms with Crippen molar-refractivity contribution in [3.63, 3.8) is 0 Å². The van der Waals surface area contributed by atoms with E-state index in [0.717, 1.165) is 5.56 Å². The van der Waals surface area contributed by atoms with Crippen molar-refractivity contribution in [3.8, 4) is 11.5 Å². The number of phenolic OH excluding ortho intramolecular Hbond substituents is 2. The molecule has 0 spiro atoms. The van der Waals surface area contributed by atoms with Crippen molar-refractivity contribution in [3.05, 3.63) is 23.8 Å². The molecule has 0 aromatic heterocycles. The van der Waals surface area contributed by atoms with E-state index >= 15 is 0 Å². The molecule has 0 fully saturated rings. The number of benzene rings is 1. The van der Waals surface area contributed by atoms with Crippen molar-refractivity contribution in [2.45, 2.75) is 13.8 Å². The number of phenols is 2. The lowest BCUT2D eigenvalue weighted by Crippen LogP contribution is -2.02. The van der Waals surface area contributed by atoms with E-state index < -0.39 is 0 Å². The standard InChI is InChI=1S/C8H11NO2.CH4.ClH/c9-4-3-6-1-2-7(10)8(11)5-6;;/h1-2,5,10-11H,3-4,9H2;1H4;1H. The second-order valence-electron chi connectivity index (χ2n) is 2.36. The first-order chi connectivity index (χ1) is 5.24. The largest absolute Gasteiger partial charge is 0.504 e. The molecule has 0 bridgehead atoms. The van der Waals surface area contributed by atoms with Gasteiger partial charge in [-0.2, -0.15) is 0 Å². The summed E-state index contributed by atoms with van der Waals surface area (Å²) < 4.78 is 0. The minimum Gasteiger partial charge on any atom is -0.504 e. The molecule has 1 aromatic rings. The van der Waals surface area contributed by atoms with Crippen molar-refractivity contribution in [2.75, 3.05) is 6.54 Å². The fourth-order valence-corrected chi connectivity index (χ4v) is 0.891. The van der Waals surface area contributed by atoms with Gasteiger partial charge in [0, 0.05) is 0 Å². The molecule has 4 N–H and O–H groups in total. The number of rotatable bonds is 2. The van der Waals surface area contributed by atoms with Crippen LogP contribution in [0.2, 0.25) is 0 Å². The van der Waals surface area contributed by atoms with E-state index in [4.69, 9.17) is 15.9 Å². The fourth-order valence-electron chi connectivity index (χ4n) is 0.891. The van der Waals surface area contributed by atoms with Gasteiger partial charge in [0.25, 0.3) is 0 Å². The van der Waals surface area contributed by atoms with Gasteiger partial charge in [0.1, 0.15) is 0 Å². The fraction of sp³-hybridized carbons (Fsp3) is 0.333. The van der Waals surface area contributed by atoms with Crippen LogP contribution in [0.3, 0.4) is 0 Å². The molecule has 0 saturated carbocycles. The van der Waals surface area contributed by atoms with Crippen LogP contribution < -0.4 is 5.73 Å². The van der Waals surface area contributed by atoms with Crippen LogP contribution in [0.25, 0.3) is 0 Å². The Morgan fingerprint density at radius 2 is 1.77 bits per heavy atom. The molecule has 13 heavy (non-hydrogen) atoms. The summed E-state index contributed by atoms with van der Waals surface area (Å²) in [7, 11) is 0. The van der Waals surface area contributed by atoms with Gasteiger partial charge < -0.3 is 15.9 Å². The van der Waals surface area contributed by atoms with Crippen molar-refractivity contribution >= 4 is 12.4 Å². The molecule has 0 heterocycles. The van der Waals surface area contributed by atoms with Gasteiger partial charge in [-0.1, -0.05) is 13.5 Å². The second-order valence-corrected chi connectivity index (χ2v) is 2.36. The van der Waals surface area contributed by atoms with E-state index in [1.54, 1.807) is 6.07 Å². The Labute approximate surface area is 84.6 Å². The van der Waals surface area contributed by atoms with Crippen LogP contribution in [0.1, 0.15) is 13.0 Å². The first-order valence-electron chi connectivity index (χ1n) is 3.45. The molecule has 0 aliphatic rings. The Morgan fingerprint density at radius 3 is 2.23 bits per heavy atom. The van der Waals surface area contributed by atoms with Gasteiger partial charge >= 0.3 is 0 Å². The van der Waals surface area contributed by atoms with Gasteiger partial charge in [-0.05, 0) is 30.7 Å². The van der Waals surface area contributed by atoms with E-state index in [9.17, 15) is 0 Å². The Kier molecular flexibility index (Phi) is 7.37. The van der Waals surface area contributed by atoms with Crippen LogP contribution >= 0.6 is 12.4 Å². The van der Waals surface area contributed by atoms with Gasteiger partial charge in [-0.3, -0.25) is 0 Å². The van der Waals surface area contributed by atoms with Gasteiger partial charge in [-0.15, -0.1) is 12.4 Å². The lowest BCUT2D eigenvalue weighted by Gasteiger charge is -2.00. The molecule has 0 unspecified atom stereocenters. The zero-order valence-corrected chi connectivity index (χ0v) is 7.34. The minimum atomic E-state index is -0.0919. The van der Waals surface area contributed by atoms with E-state index in [0.29, 0.717) is 13.0 Å². The predicted octanol–water partition coefficient (Wildman–Crippen LogP) is 1.66. The lowest BCUT2D eigenvalue weighted by atomic mass is 10.1. The smallest absolute Gasteiger partial charge is 0.157 e. The number of hydrogen-bond acceptors (Lipinski definition) is 3. The van der Waals surface area contributed by atoms with Crippen LogP contribution in [0.4, 0.5) is 0 Å². The van der Waals surface area contributed by atoms with Gasteiger partial charge in [0.2, 0.25) is 0 Å². The van der Waals surface area contributed by atoms with Crippen LogP contribution in [-0.2, 0) is 6.42 Å². The SMILES string of the molecule is C.Cl.NCCc1ccc(O)c(O)c1. The zero-order chi connectivity index (χ0) is 8.27. The molecule has 0 atom stereocenters. The highest BCUT2D eigenvalue weighted by Gasteiger charge is 1.98. The minimum absolute atomic E-state index is 0. The third-order valence-electron chi connectivity index (χ3n) is 1.47. The quantitative estimate of drug-likeness (QED) is 0.644. The van der Waals surface area contributed by atoms with Gasteiger partial charge in [0.15, 0.2) is 11.5 Å². The Morgan fingerprint density at radius 1 is 1.15 bits per heavy atom. The number of nitrogens with two attached hydrogens (primary N) is 1. The van der Waals surface area contributed by atoms with Crippen LogP contribution in [0.5, 0.6) is 11.5 Å². The highest BCUT2D eigenvalue weighted by atomic mass is 35.5. The molecular formula is C9H16ClNO2. The van der Waals surface area contributed by atoms with Crippen molar-refractivity contribution in [1.82, 2.24) is 0 Å². The monoisotopic (exact) mass is 205 g/mol. The zero-order valence-electron chi connectivity index (χ0n) is 6.53. The summed E-state index contributed by atoms with van der Waals surface area (Å²) in [6, 6.07) is 4.71. The normalized spacial score (nSPS) is 8.38. The summed E-state index contributed by atoms with van der Waals surface area (Å²) in [6.45, 7) is 0.546. The summed E-state index contributed by atoms with van der Waals surface area (Å²) in [5.74, 6) is -0.179. The van der Waals surface area contributed by atoms with Crippen LogP contribution in [0, 0.1) is 0 Å². The molecule has 1 aromatic carbocycles. The molecule has 0 amide bonds. The number of hydrogen-bond donors (Lipinski definition) is 3. The van der Waals surface area contributed by atoms with E-state index in [1.807, 2.05) is 0 Å². The van der Waals surface area contributed by atoms with E-state index in [-0.39, 0.29) is 31.3 Å². The second kappa shape index (κ2) is 6.57.